The van der Waals surface area contributed by atoms with E-state index in [9.17, 15) is 9.59 Å². The van der Waals surface area contributed by atoms with E-state index in [0.717, 1.165) is 12.2 Å². The number of carbonyl (C=O) groups is 2. The van der Waals surface area contributed by atoms with Gasteiger partial charge in [0.2, 0.25) is 0 Å². The molecule has 0 bridgehead atoms. The predicted molar refractivity (Wildman–Crippen MR) is 68.3 cm³/mol. The van der Waals surface area contributed by atoms with Crippen LogP contribution >= 0.6 is 11.8 Å². The average molecular weight is 260 g/mol. The maximum atomic E-state index is 11.5. The van der Waals surface area contributed by atoms with Gasteiger partial charge in [0, 0.05) is 11.3 Å². The van der Waals surface area contributed by atoms with Gasteiger partial charge in [-0.3, -0.25) is 0 Å². The number of carboxylic acid groups (broad SMARTS) is 1. The Morgan fingerprint density at radius 2 is 2.24 bits per heavy atom. The van der Waals surface area contributed by atoms with Gasteiger partial charge in [-0.2, -0.15) is 11.8 Å². The van der Waals surface area contributed by atoms with Gasteiger partial charge in [-0.1, -0.05) is 6.92 Å². The summed E-state index contributed by atoms with van der Waals surface area (Å²) >= 11 is 1.86. The molecule has 2 atom stereocenters. The van der Waals surface area contributed by atoms with Crippen LogP contribution in [0.2, 0.25) is 0 Å². The van der Waals surface area contributed by atoms with E-state index in [1.54, 1.807) is 6.92 Å². The molecule has 0 spiro atoms. The Balaban J connectivity index is 2.31. The van der Waals surface area contributed by atoms with Crippen LogP contribution in [0, 0.1) is 0 Å². The zero-order valence-corrected chi connectivity index (χ0v) is 11.1. The fourth-order valence-electron chi connectivity index (χ4n) is 1.79. The molecule has 6 heteroatoms. The maximum absolute atomic E-state index is 11.5. The highest BCUT2D eigenvalue weighted by atomic mass is 32.2. The third kappa shape index (κ3) is 4.46. The minimum Gasteiger partial charge on any atom is -0.480 e. The number of carboxylic acids is 1. The number of nitrogens with one attached hydrogen (secondary N) is 2. The van der Waals surface area contributed by atoms with Gasteiger partial charge in [0.25, 0.3) is 0 Å². The molecule has 0 saturated carbocycles. The molecule has 1 heterocycles. The lowest BCUT2D eigenvalue weighted by Crippen LogP contribution is -2.48. The quantitative estimate of drug-likeness (QED) is 0.699. The van der Waals surface area contributed by atoms with Crippen molar-refractivity contribution in [3.8, 4) is 0 Å². The summed E-state index contributed by atoms with van der Waals surface area (Å²) in [5, 5.41) is 14.0. The normalized spacial score (nSPS) is 25.3. The second-order valence-corrected chi connectivity index (χ2v) is 6.21. The number of thioether (sulfide) groups is 1. The fraction of sp³-hybridized carbons (Fsp3) is 0.818. The first-order valence-electron chi connectivity index (χ1n) is 5.88. The summed E-state index contributed by atoms with van der Waals surface area (Å²) in [6, 6.07) is -1.20. The molecule has 98 valence electrons. The minimum atomic E-state index is -0.996. The molecular formula is C11H20N2O3S. The molecule has 17 heavy (non-hydrogen) atoms. The van der Waals surface area contributed by atoms with E-state index < -0.39 is 18.0 Å². The first-order chi connectivity index (χ1) is 7.97. The van der Waals surface area contributed by atoms with Crippen molar-refractivity contribution >= 4 is 23.8 Å². The van der Waals surface area contributed by atoms with Gasteiger partial charge < -0.3 is 15.7 Å². The van der Waals surface area contributed by atoms with Crippen LogP contribution < -0.4 is 10.6 Å². The molecule has 1 rings (SSSR count). The van der Waals surface area contributed by atoms with E-state index in [1.165, 1.54) is 6.42 Å². The van der Waals surface area contributed by atoms with Gasteiger partial charge in [0.1, 0.15) is 6.04 Å². The lowest BCUT2D eigenvalue weighted by molar-refractivity contribution is -0.139. The number of carbonyl (C=O) groups excluding carboxylic acids is 1. The van der Waals surface area contributed by atoms with Gasteiger partial charge in [-0.15, -0.1) is 0 Å². The lowest BCUT2D eigenvalue weighted by atomic mass is 10.1. The SMILES string of the molecule is CC[C@@H](NC(=O)NCC1(C)CCCS1)C(=O)O. The number of aliphatic carboxylic acids is 1. The van der Waals surface area contributed by atoms with Crippen LogP contribution in [0.4, 0.5) is 4.79 Å². The Kier molecular flexibility index (Phi) is 5.11. The molecule has 2 amide bonds. The Bertz CT molecular complexity index is 290. The van der Waals surface area contributed by atoms with Gasteiger partial charge in [-0.05, 0) is 31.9 Å². The van der Waals surface area contributed by atoms with Gasteiger partial charge in [-0.25, -0.2) is 9.59 Å². The zero-order chi connectivity index (χ0) is 12.9. The number of urea groups is 1. The summed E-state index contributed by atoms with van der Waals surface area (Å²) in [5.41, 5.74) is 0. The Hall–Kier alpha value is -0.910. The van der Waals surface area contributed by atoms with Crippen LogP contribution in [0.1, 0.15) is 33.1 Å². The number of amides is 2. The fourth-order valence-corrected chi connectivity index (χ4v) is 3.04. The highest BCUT2D eigenvalue weighted by Gasteiger charge is 2.30. The monoisotopic (exact) mass is 260 g/mol. The molecule has 0 radical (unpaired) electrons. The molecule has 1 unspecified atom stereocenters. The Labute approximate surface area is 106 Å². The molecule has 3 N–H and O–H groups in total. The Morgan fingerprint density at radius 1 is 1.53 bits per heavy atom. The van der Waals surface area contributed by atoms with E-state index in [1.807, 2.05) is 11.8 Å². The van der Waals surface area contributed by atoms with Crippen molar-refractivity contribution in [2.75, 3.05) is 12.3 Å². The number of hydrogen-bond acceptors (Lipinski definition) is 3. The van der Waals surface area contributed by atoms with Crippen LogP contribution in [0.25, 0.3) is 0 Å². The molecule has 0 aromatic rings. The first-order valence-corrected chi connectivity index (χ1v) is 6.86. The largest absolute Gasteiger partial charge is 0.480 e. The molecule has 1 aliphatic rings. The predicted octanol–water partition coefficient (Wildman–Crippen LogP) is 1.43. The summed E-state index contributed by atoms with van der Waals surface area (Å²) in [6.07, 6.45) is 2.65. The summed E-state index contributed by atoms with van der Waals surface area (Å²) in [6.45, 7) is 4.44. The zero-order valence-electron chi connectivity index (χ0n) is 10.3. The van der Waals surface area contributed by atoms with Gasteiger partial charge >= 0.3 is 12.0 Å². The summed E-state index contributed by atoms with van der Waals surface area (Å²) in [4.78, 5) is 22.3. The second kappa shape index (κ2) is 6.14. The van der Waals surface area contributed by atoms with Crippen molar-refractivity contribution in [3.05, 3.63) is 0 Å². The number of rotatable bonds is 5. The average Bonchev–Trinajstić information content (AvgIpc) is 2.70. The molecule has 1 fully saturated rings. The first kappa shape index (κ1) is 14.2. The summed E-state index contributed by atoms with van der Waals surface area (Å²) < 4.78 is 0.0995. The topological polar surface area (TPSA) is 78.4 Å². The van der Waals surface area contributed by atoms with E-state index in [4.69, 9.17) is 5.11 Å². The van der Waals surface area contributed by atoms with Crippen LogP contribution in [-0.2, 0) is 4.79 Å². The molecule has 5 nitrogen and oxygen atoms in total. The number of hydrogen-bond donors (Lipinski definition) is 3. The van der Waals surface area contributed by atoms with Crippen LogP contribution in [-0.4, -0.2) is 40.2 Å². The third-order valence-electron chi connectivity index (χ3n) is 2.94. The van der Waals surface area contributed by atoms with E-state index in [0.29, 0.717) is 13.0 Å². The van der Waals surface area contributed by atoms with Gasteiger partial charge in [0.15, 0.2) is 0 Å². The van der Waals surface area contributed by atoms with Crippen molar-refractivity contribution in [3.63, 3.8) is 0 Å². The summed E-state index contributed by atoms with van der Waals surface area (Å²) in [7, 11) is 0. The van der Waals surface area contributed by atoms with E-state index in [2.05, 4.69) is 17.6 Å². The van der Waals surface area contributed by atoms with Crippen molar-refractivity contribution in [1.29, 1.82) is 0 Å². The molecular weight excluding hydrogens is 240 g/mol. The van der Waals surface area contributed by atoms with Gasteiger partial charge in [0.05, 0.1) is 0 Å². The smallest absolute Gasteiger partial charge is 0.326 e. The highest BCUT2D eigenvalue weighted by molar-refractivity contribution is 8.00. The van der Waals surface area contributed by atoms with Crippen LogP contribution in [0.15, 0.2) is 0 Å². The Morgan fingerprint density at radius 3 is 2.71 bits per heavy atom. The summed E-state index contributed by atoms with van der Waals surface area (Å²) in [5.74, 6) is 0.135. The van der Waals surface area contributed by atoms with E-state index in [-0.39, 0.29) is 4.75 Å². The van der Waals surface area contributed by atoms with Crippen LogP contribution in [0.3, 0.4) is 0 Å². The molecule has 0 aromatic carbocycles. The minimum absolute atomic E-state index is 0.0995. The molecule has 1 aliphatic heterocycles. The standard InChI is InChI=1S/C11H20N2O3S/c1-3-8(9(14)15)13-10(16)12-7-11(2)5-4-6-17-11/h8H,3-7H2,1-2H3,(H,14,15)(H2,12,13,16)/t8-,11?/m1/s1. The highest BCUT2D eigenvalue weighted by Crippen LogP contribution is 2.36. The third-order valence-corrected chi connectivity index (χ3v) is 4.47. The molecule has 1 saturated heterocycles. The lowest BCUT2D eigenvalue weighted by Gasteiger charge is -2.23. The van der Waals surface area contributed by atoms with Crippen molar-refractivity contribution in [1.82, 2.24) is 10.6 Å². The maximum Gasteiger partial charge on any atom is 0.326 e. The van der Waals surface area contributed by atoms with E-state index >= 15 is 0 Å². The van der Waals surface area contributed by atoms with Crippen LogP contribution in [0.5, 0.6) is 0 Å². The van der Waals surface area contributed by atoms with Crippen molar-refractivity contribution in [2.45, 2.75) is 43.9 Å². The van der Waals surface area contributed by atoms with Crippen molar-refractivity contribution < 1.29 is 14.7 Å². The molecule has 0 aliphatic carbocycles. The molecule has 0 aromatic heterocycles. The second-order valence-electron chi connectivity index (χ2n) is 4.53. The van der Waals surface area contributed by atoms with Crippen molar-refractivity contribution in [2.24, 2.45) is 0 Å².